The summed E-state index contributed by atoms with van der Waals surface area (Å²) in [5.74, 6) is -0.337. The molecule has 1 atom stereocenters. The standard InChI is InChI=1S/C14H21N3O2S/c1-4-16-13-8-6-7-9-14(13)20(18,19)17(5-2)11-12(3)10-15/h6-9,12,16H,4-5,11H2,1-3H3. The molecule has 0 saturated carbocycles. The first-order chi connectivity index (χ1) is 9.47. The van der Waals surface area contributed by atoms with Crippen LogP contribution in [-0.4, -0.2) is 32.4 Å². The molecular formula is C14H21N3O2S. The SMILES string of the molecule is CCNc1ccccc1S(=O)(=O)N(CC)CC(C)C#N. The summed E-state index contributed by atoms with van der Waals surface area (Å²) in [6.07, 6.45) is 0. The zero-order valence-electron chi connectivity index (χ0n) is 12.1. The lowest BCUT2D eigenvalue weighted by molar-refractivity contribution is 0.400. The number of hydrogen-bond acceptors (Lipinski definition) is 4. The summed E-state index contributed by atoms with van der Waals surface area (Å²) in [4.78, 5) is 0.258. The van der Waals surface area contributed by atoms with Gasteiger partial charge in [-0.15, -0.1) is 0 Å². The van der Waals surface area contributed by atoms with Crippen molar-refractivity contribution in [1.29, 1.82) is 5.26 Å². The number of nitriles is 1. The second-order valence-corrected chi connectivity index (χ2v) is 6.42. The third-order valence-electron chi connectivity index (χ3n) is 2.92. The molecule has 0 radical (unpaired) electrons. The van der Waals surface area contributed by atoms with E-state index in [1.54, 1.807) is 38.1 Å². The maximum Gasteiger partial charge on any atom is 0.245 e. The van der Waals surface area contributed by atoms with Crippen LogP contribution < -0.4 is 5.32 Å². The molecule has 1 aromatic rings. The second kappa shape index (κ2) is 7.27. The minimum Gasteiger partial charge on any atom is -0.384 e. The highest BCUT2D eigenvalue weighted by molar-refractivity contribution is 7.89. The second-order valence-electron chi connectivity index (χ2n) is 4.51. The zero-order valence-corrected chi connectivity index (χ0v) is 12.9. The van der Waals surface area contributed by atoms with Gasteiger partial charge in [-0.05, 0) is 26.0 Å². The van der Waals surface area contributed by atoms with Crippen LogP contribution in [-0.2, 0) is 10.0 Å². The van der Waals surface area contributed by atoms with Crippen LogP contribution in [0.4, 0.5) is 5.69 Å². The van der Waals surface area contributed by atoms with Crippen LogP contribution in [0.2, 0.25) is 0 Å². The minimum absolute atomic E-state index is 0.204. The fourth-order valence-corrected chi connectivity index (χ4v) is 3.62. The van der Waals surface area contributed by atoms with Gasteiger partial charge in [0.1, 0.15) is 4.90 Å². The zero-order chi connectivity index (χ0) is 15.2. The van der Waals surface area contributed by atoms with Gasteiger partial charge in [0.25, 0.3) is 0 Å². The summed E-state index contributed by atoms with van der Waals surface area (Å²) >= 11 is 0. The molecule has 1 unspecified atom stereocenters. The van der Waals surface area contributed by atoms with E-state index in [2.05, 4.69) is 11.4 Å². The fourth-order valence-electron chi connectivity index (χ4n) is 1.91. The number of sulfonamides is 1. The van der Waals surface area contributed by atoms with E-state index in [4.69, 9.17) is 5.26 Å². The Labute approximate surface area is 121 Å². The number of rotatable bonds is 7. The van der Waals surface area contributed by atoms with E-state index in [1.807, 2.05) is 6.92 Å². The molecule has 110 valence electrons. The Bertz CT molecular complexity index is 578. The molecule has 0 aliphatic heterocycles. The van der Waals surface area contributed by atoms with Crippen molar-refractivity contribution in [3.63, 3.8) is 0 Å². The first-order valence-electron chi connectivity index (χ1n) is 6.70. The van der Waals surface area contributed by atoms with Crippen molar-refractivity contribution in [3.8, 4) is 6.07 Å². The minimum atomic E-state index is -3.59. The normalized spacial score (nSPS) is 12.9. The number of hydrogen-bond donors (Lipinski definition) is 1. The van der Waals surface area contributed by atoms with Gasteiger partial charge in [0.15, 0.2) is 0 Å². The first kappa shape index (κ1) is 16.5. The van der Waals surface area contributed by atoms with Gasteiger partial charge < -0.3 is 5.32 Å². The summed E-state index contributed by atoms with van der Waals surface area (Å²) in [5, 5.41) is 11.9. The summed E-state index contributed by atoms with van der Waals surface area (Å²) in [6, 6.07) is 8.91. The number of para-hydroxylation sites is 1. The molecule has 1 N–H and O–H groups in total. The van der Waals surface area contributed by atoms with E-state index in [0.29, 0.717) is 18.8 Å². The molecule has 0 heterocycles. The Morgan fingerprint density at radius 3 is 2.55 bits per heavy atom. The van der Waals surface area contributed by atoms with E-state index in [9.17, 15) is 8.42 Å². The first-order valence-corrected chi connectivity index (χ1v) is 8.14. The van der Waals surface area contributed by atoms with Gasteiger partial charge in [0, 0.05) is 19.6 Å². The van der Waals surface area contributed by atoms with Crippen LogP contribution >= 0.6 is 0 Å². The quantitative estimate of drug-likeness (QED) is 0.837. The molecule has 0 bridgehead atoms. The van der Waals surface area contributed by atoms with Crippen molar-refractivity contribution in [1.82, 2.24) is 4.31 Å². The van der Waals surface area contributed by atoms with E-state index >= 15 is 0 Å². The van der Waals surface area contributed by atoms with Crippen LogP contribution in [0.5, 0.6) is 0 Å². The Morgan fingerprint density at radius 2 is 2.00 bits per heavy atom. The number of benzene rings is 1. The topological polar surface area (TPSA) is 73.2 Å². The summed E-state index contributed by atoms with van der Waals surface area (Å²) in [6.45, 7) is 6.60. The lowest BCUT2D eigenvalue weighted by Crippen LogP contribution is -2.34. The number of nitrogens with one attached hydrogen (secondary N) is 1. The molecule has 0 amide bonds. The Hall–Kier alpha value is -1.58. The van der Waals surface area contributed by atoms with Crippen molar-refractivity contribution >= 4 is 15.7 Å². The van der Waals surface area contributed by atoms with Crippen molar-refractivity contribution in [3.05, 3.63) is 24.3 Å². The van der Waals surface area contributed by atoms with Gasteiger partial charge in [0.05, 0.1) is 17.7 Å². The van der Waals surface area contributed by atoms with Gasteiger partial charge in [-0.25, -0.2) is 8.42 Å². The monoisotopic (exact) mass is 295 g/mol. The average molecular weight is 295 g/mol. The van der Waals surface area contributed by atoms with Crippen molar-refractivity contribution in [2.75, 3.05) is 25.0 Å². The Kier molecular flexibility index (Phi) is 5.99. The van der Waals surface area contributed by atoms with Crippen LogP contribution in [0.15, 0.2) is 29.2 Å². The van der Waals surface area contributed by atoms with Crippen LogP contribution in [0, 0.1) is 17.2 Å². The van der Waals surface area contributed by atoms with Crippen molar-refractivity contribution in [2.24, 2.45) is 5.92 Å². The lowest BCUT2D eigenvalue weighted by atomic mass is 10.2. The molecule has 0 spiro atoms. The molecule has 0 aromatic heterocycles. The molecule has 5 nitrogen and oxygen atoms in total. The van der Waals surface area contributed by atoms with Crippen LogP contribution in [0.1, 0.15) is 20.8 Å². The highest BCUT2D eigenvalue weighted by Crippen LogP contribution is 2.24. The van der Waals surface area contributed by atoms with Gasteiger partial charge in [0.2, 0.25) is 10.0 Å². The predicted molar refractivity (Wildman–Crippen MR) is 79.8 cm³/mol. The molecule has 1 rings (SSSR count). The highest BCUT2D eigenvalue weighted by Gasteiger charge is 2.26. The molecule has 20 heavy (non-hydrogen) atoms. The van der Waals surface area contributed by atoms with Gasteiger partial charge in [-0.3, -0.25) is 0 Å². The lowest BCUT2D eigenvalue weighted by Gasteiger charge is -2.23. The van der Waals surface area contributed by atoms with Crippen LogP contribution in [0.3, 0.4) is 0 Å². The summed E-state index contributed by atoms with van der Waals surface area (Å²) in [5.41, 5.74) is 0.595. The molecule has 0 aliphatic rings. The van der Waals surface area contributed by atoms with Gasteiger partial charge >= 0.3 is 0 Å². The van der Waals surface area contributed by atoms with E-state index in [1.165, 1.54) is 4.31 Å². The van der Waals surface area contributed by atoms with Crippen molar-refractivity contribution < 1.29 is 8.42 Å². The summed E-state index contributed by atoms with van der Waals surface area (Å²) in [7, 11) is -3.59. The Morgan fingerprint density at radius 1 is 1.35 bits per heavy atom. The summed E-state index contributed by atoms with van der Waals surface area (Å²) < 4.78 is 26.7. The number of nitrogens with zero attached hydrogens (tertiary/aromatic N) is 2. The molecule has 1 aromatic carbocycles. The molecule has 0 aliphatic carbocycles. The van der Waals surface area contributed by atoms with Gasteiger partial charge in [-0.1, -0.05) is 19.1 Å². The fraction of sp³-hybridized carbons (Fsp3) is 0.500. The molecule has 0 saturated heterocycles. The average Bonchev–Trinajstić information content (AvgIpc) is 2.45. The highest BCUT2D eigenvalue weighted by atomic mass is 32.2. The third-order valence-corrected chi connectivity index (χ3v) is 4.92. The third kappa shape index (κ3) is 3.71. The molecular weight excluding hydrogens is 274 g/mol. The van der Waals surface area contributed by atoms with E-state index in [-0.39, 0.29) is 17.4 Å². The van der Waals surface area contributed by atoms with Crippen LogP contribution in [0.25, 0.3) is 0 Å². The van der Waals surface area contributed by atoms with E-state index in [0.717, 1.165) is 0 Å². The maximum atomic E-state index is 12.7. The van der Waals surface area contributed by atoms with Gasteiger partial charge in [-0.2, -0.15) is 9.57 Å². The van der Waals surface area contributed by atoms with Crippen molar-refractivity contribution in [2.45, 2.75) is 25.7 Å². The molecule has 0 fully saturated rings. The largest absolute Gasteiger partial charge is 0.384 e. The molecule has 6 heteroatoms. The smallest absolute Gasteiger partial charge is 0.245 e. The number of anilines is 1. The predicted octanol–water partition coefficient (Wildman–Crippen LogP) is 2.29. The maximum absolute atomic E-state index is 12.7. The Balaban J connectivity index is 3.18. The van der Waals surface area contributed by atoms with E-state index < -0.39 is 10.0 Å².